The van der Waals surface area contributed by atoms with E-state index in [-0.39, 0.29) is 11.9 Å². The molecular weight excluding hydrogens is 531 g/mol. The van der Waals surface area contributed by atoms with Crippen LogP contribution >= 0.6 is 0 Å². The number of nitrogens with zero attached hydrogens (tertiary/aromatic N) is 5. The first-order chi connectivity index (χ1) is 19.8. The van der Waals surface area contributed by atoms with Gasteiger partial charge in [0.05, 0.1) is 11.7 Å². The molecule has 0 atom stereocenters. The average Bonchev–Trinajstić information content (AvgIpc) is 3.39. The van der Waals surface area contributed by atoms with E-state index in [9.17, 15) is 18.0 Å². The largest absolute Gasteiger partial charge is 0.409 e. The molecule has 0 bridgehead atoms. The first-order valence-electron chi connectivity index (χ1n) is 12.7. The molecule has 0 saturated carbocycles. The molecule has 2 N–H and O–H groups in total. The molecular formula is C30H22F3N7O. The maximum Gasteiger partial charge on any atom is 0.409 e. The summed E-state index contributed by atoms with van der Waals surface area (Å²) >= 11 is 0. The van der Waals surface area contributed by atoms with Crippen LogP contribution in [-0.4, -0.2) is 36.8 Å². The van der Waals surface area contributed by atoms with Crippen molar-refractivity contribution in [2.75, 3.05) is 10.6 Å². The molecule has 6 aromatic rings. The van der Waals surface area contributed by atoms with Gasteiger partial charge in [0.1, 0.15) is 23.5 Å². The summed E-state index contributed by atoms with van der Waals surface area (Å²) < 4.78 is 39.2. The van der Waals surface area contributed by atoms with E-state index in [1.807, 2.05) is 59.4 Å². The van der Waals surface area contributed by atoms with Crippen molar-refractivity contribution in [2.45, 2.75) is 19.1 Å². The van der Waals surface area contributed by atoms with Crippen LogP contribution in [0.4, 0.5) is 30.5 Å². The van der Waals surface area contributed by atoms with Gasteiger partial charge in [0, 0.05) is 52.1 Å². The molecule has 0 unspecified atom stereocenters. The van der Waals surface area contributed by atoms with Crippen molar-refractivity contribution in [1.29, 1.82) is 0 Å². The second-order valence-corrected chi connectivity index (χ2v) is 9.33. The monoisotopic (exact) mass is 553 g/mol. The zero-order valence-corrected chi connectivity index (χ0v) is 21.4. The Morgan fingerprint density at radius 3 is 2.51 bits per heavy atom. The van der Waals surface area contributed by atoms with Gasteiger partial charge in [-0.1, -0.05) is 54.6 Å². The highest BCUT2D eigenvalue weighted by molar-refractivity contribution is 6.12. The van der Waals surface area contributed by atoms with Crippen molar-refractivity contribution >= 4 is 55.8 Å². The van der Waals surface area contributed by atoms with Crippen LogP contribution in [0.3, 0.4) is 0 Å². The molecule has 204 valence electrons. The zero-order chi connectivity index (χ0) is 28.4. The quantitative estimate of drug-likeness (QED) is 0.217. The third-order valence-corrected chi connectivity index (χ3v) is 6.48. The molecule has 8 nitrogen and oxygen atoms in total. The topological polar surface area (TPSA) is 97.6 Å². The van der Waals surface area contributed by atoms with Crippen LogP contribution in [0.2, 0.25) is 0 Å². The molecule has 41 heavy (non-hydrogen) atoms. The molecule has 3 aromatic heterocycles. The molecule has 0 aliphatic heterocycles. The van der Waals surface area contributed by atoms with Crippen LogP contribution in [0.15, 0.2) is 97.6 Å². The lowest BCUT2D eigenvalue weighted by atomic mass is 10.1. The van der Waals surface area contributed by atoms with Crippen LogP contribution in [0.25, 0.3) is 32.6 Å². The summed E-state index contributed by atoms with van der Waals surface area (Å²) in [5, 5.41) is 14.0. The number of benzene rings is 3. The second-order valence-electron chi connectivity index (χ2n) is 9.33. The predicted octanol–water partition coefficient (Wildman–Crippen LogP) is 6.57. The van der Waals surface area contributed by atoms with Crippen LogP contribution < -0.4 is 10.6 Å². The summed E-state index contributed by atoms with van der Waals surface area (Å²) in [5.74, 6) is -0.451. The van der Waals surface area contributed by atoms with Crippen molar-refractivity contribution in [2.24, 2.45) is 0 Å². The SMILES string of the molecule is O=C(C=CC(F)(F)F)Nc1cc2c(Nc3cc4cn(CCc5ccccc5)nc4c4ccccc34)ncnc2cn1. The van der Waals surface area contributed by atoms with Crippen LogP contribution in [-0.2, 0) is 17.8 Å². The lowest BCUT2D eigenvalue weighted by Gasteiger charge is -2.12. The lowest BCUT2D eigenvalue weighted by molar-refractivity contribution is -0.112. The van der Waals surface area contributed by atoms with E-state index >= 15 is 0 Å². The molecule has 0 aliphatic carbocycles. The first-order valence-corrected chi connectivity index (χ1v) is 12.7. The highest BCUT2D eigenvalue weighted by atomic mass is 19.4. The van der Waals surface area contributed by atoms with Crippen molar-refractivity contribution in [3.63, 3.8) is 0 Å². The maximum atomic E-state index is 12.4. The first kappa shape index (κ1) is 25.9. The Balaban J connectivity index is 1.33. The summed E-state index contributed by atoms with van der Waals surface area (Å²) in [4.78, 5) is 24.7. The molecule has 6 rings (SSSR count). The van der Waals surface area contributed by atoms with Crippen molar-refractivity contribution < 1.29 is 18.0 Å². The van der Waals surface area contributed by atoms with Gasteiger partial charge in [-0.3, -0.25) is 9.48 Å². The number of carbonyl (C=O) groups is 1. The van der Waals surface area contributed by atoms with E-state index in [4.69, 9.17) is 5.10 Å². The number of allylic oxidation sites excluding steroid dienone is 1. The smallest absolute Gasteiger partial charge is 0.339 e. The van der Waals surface area contributed by atoms with Gasteiger partial charge in [-0.2, -0.15) is 18.3 Å². The highest BCUT2D eigenvalue weighted by Crippen LogP contribution is 2.34. The fraction of sp³-hybridized carbons (Fsp3) is 0.100. The summed E-state index contributed by atoms with van der Waals surface area (Å²) in [6.45, 7) is 0.728. The molecule has 0 radical (unpaired) electrons. The molecule has 1 amide bonds. The number of rotatable bonds is 7. The molecule has 3 aromatic carbocycles. The third-order valence-electron chi connectivity index (χ3n) is 6.48. The number of alkyl halides is 3. The standard InChI is InChI=1S/C30H22F3N7O/c31-30(32,33)12-10-27(41)38-26-15-23-25(16-34-26)35-18-36-29(23)37-24-14-20-17-40(13-11-19-6-2-1-3-7-19)39-28(20)22-9-5-4-8-21(22)24/h1-10,12,14-18H,11,13H2,(H,34,38,41)(H,35,36,37). The van der Waals surface area contributed by atoms with Crippen molar-refractivity contribution in [3.05, 3.63) is 103 Å². The number of pyridine rings is 1. The molecule has 0 fully saturated rings. The molecule has 0 saturated heterocycles. The minimum absolute atomic E-state index is 0.0622. The fourth-order valence-electron chi connectivity index (χ4n) is 4.61. The normalized spacial score (nSPS) is 12.0. The van der Waals surface area contributed by atoms with Crippen LogP contribution in [0, 0.1) is 0 Å². The molecule has 11 heteroatoms. The summed E-state index contributed by atoms with van der Waals surface area (Å²) in [6, 6.07) is 21.7. The molecule has 3 heterocycles. The minimum atomic E-state index is -4.60. The van der Waals surface area contributed by atoms with Crippen molar-refractivity contribution in [3.8, 4) is 0 Å². The van der Waals surface area contributed by atoms with Gasteiger partial charge >= 0.3 is 6.18 Å². The molecule has 0 aliphatic rings. The van der Waals surface area contributed by atoms with Crippen LogP contribution in [0.1, 0.15) is 5.56 Å². The predicted molar refractivity (Wildman–Crippen MR) is 152 cm³/mol. The van der Waals surface area contributed by atoms with Gasteiger partial charge in [-0.25, -0.2) is 15.0 Å². The molecule has 0 spiro atoms. The minimum Gasteiger partial charge on any atom is -0.339 e. The number of hydrogen-bond donors (Lipinski definition) is 2. The van der Waals surface area contributed by atoms with Gasteiger partial charge in [0.15, 0.2) is 0 Å². The van der Waals surface area contributed by atoms with E-state index < -0.39 is 12.1 Å². The number of aromatic nitrogens is 5. The number of nitrogens with one attached hydrogen (secondary N) is 2. The number of amides is 1. The highest BCUT2D eigenvalue weighted by Gasteiger charge is 2.22. The van der Waals surface area contributed by atoms with E-state index in [1.54, 1.807) is 0 Å². The van der Waals surface area contributed by atoms with E-state index in [0.29, 0.717) is 22.8 Å². The van der Waals surface area contributed by atoms with Crippen LogP contribution in [0.5, 0.6) is 0 Å². The van der Waals surface area contributed by atoms with Crippen molar-refractivity contribution in [1.82, 2.24) is 24.7 Å². The summed E-state index contributed by atoms with van der Waals surface area (Å²) in [7, 11) is 0. The number of aryl methyl sites for hydroxylation is 2. The Morgan fingerprint density at radius 1 is 0.927 bits per heavy atom. The Kier molecular flexibility index (Phi) is 6.76. The number of halogens is 3. The van der Waals surface area contributed by atoms with Gasteiger partial charge in [-0.05, 0) is 24.1 Å². The Morgan fingerprint density at radius 2 is 1.71 bits per heavy atom. The Labute approximate surface area is 231 Å². The summed E-state index contributed by atoms with van der Waals surface area (Å²) in [5.41, 5.74) is 3.39. The van der Waals surface area contributed by atoms with Gasteiger partial charge in [-0.15, -0.1) is 0 Å². The van der Waals surface area contributed by atoms with Gasteiger partial charge in [0.25, 0.3) is 0 Å². The third kappa shape index (κ3) is 5.83. The lowest BCUT2D eigenvalue weighted by Crippen LogP contribution is -2.11. The number of carbonyl (C=O) groups excluding carboxylic acids is 1. The Bertz CT molecular complexity index is 1920. The number of fused-ring (bicyclic) bond motifs is 4. The fourth-order valence-corrected chi connectivity index (χ4v) is 4.61. The maximum absolute atomic E-state index is 12.4. The van der Waals surface area contributed by atoms with E-state index in [2.05, 4.69) is 37.7 Å². The number of anilines is 3. The van der Waals surface area contributed by atoms with E-state index in [1.165, 1.54) is 24.2 Å². The number of hydrogen-bond acceptors (Lipinski definition) is 6. The second kappa shape index (κ2) is 10.7. The van der Waals surface area contributed by atoms with E-state index in [0.717, 1.165) is 40.3 Å². The average molecular weight is 554 g/mol. The Hall–Kier alpha value is -5.32. The van der Waals surface area contributed by atoms with Gasteiger partial charge in [0.2, 0.25) is 5.91 Å². The zero-order valence-electron chi connectivity index (χ0n) is 21.4. The van der Waals surface area contributed by atoms with Gasteiger partial charge < -0.3 is 10.6 Å². The summed E-state index contributed by atoms with van der Waals surface area (Å²) in [6.07, 6.45) is 1.35.